The number of aryl methyl sites for hydroxylation is 1. The summed E-state index contributed by atoms with van der Waals surface area (Å²) >= 11 is 0. The van der Waals surface area contributed by atoms with Gasteiger partial charge < -0.3 is 20.5 Å². The number of carbonyl (C=O) groups is 1. The number of halogens is 2. The van der Waals surface area contributed by atoms with E-state index in [-0.39, 0.29) is 18.0 Å². The molecule has 0 atom stereocenters. The number of carbonyl (C=O) groups excluding carboxylic acids is 1. The third-order valence-corrected chi connectivity index (χ3v) is 3.72. The predicted molar refractivity (Wildman–Crippen MR) is 80.4 cm³/mol. The fourth-order valence-corrected chi connectivity index (χ4v) is 2.07. The van der Waals surface area contributed by atoms with Crippen molar-refractivity contribution < 1.29 is 23.4 Å². The molecule has 22 heavy (non-hydrogen) atoms. The summed E-state index contributed by atoms with van der Waals surface area (Å²) in [6.45, 7) is 2.18. The molecule has 0 fully saturated rings. The van der Waals surface area contributed by atoms with Gasteiger partial charge in [0.2, 0.25) is 0 Å². The van der Waals surface area contributed by atoms with E-state index in [9.17, 15) is 18.7 Å². The molecule has 0 radical (unpaired) electrons. The first-order chi connectivity index (χ1) is 10.4. The van der Waals surface area contributed by atoms with Crippen LogP contribution < -0.4 is 15.4 Å². The number of alkyl halides is 2. The Balaban J connectivity index is 2.92. The zero-order valence-corrected chi connectivity index (χ0v) is 13.0. The molecule has 1 aromatic carbocycles. The van der Waals surface area contributed by atoms with Gasteiger partial charge in [-0.05, 0) is 31.4 Å². The summed E-state index contributed by atoms with van der Waals surface area (Å²) in [7, 11) is 0. The van der Waals surface area contributed by atoms with Crippen molar-refractivity contribution >= 4 is 11.7 Å². The molecule has 5 nitrogen and oxygen atoms in total. The highest BCUT2D eigenvalue weighted by atomic mass is 19.3. The molecule has 0 unspecified atom stereocenters. The molecule has 0 aliphatic rings. The number of benzene rings is 1. The summed E-state index contributed by atoms with van der Waals surface area (Å²) in [4.78, 5) is 12.1. The van der Waals surface area contributed by atoms with Crippen molar-refractivity contribution in [3.05, 3.63) is 23.8 Å². The number of rotatable bonds is 7. The molecule has 0 bridgehead atoms. The minimum absolute atomic E-state index is 0.104. The quantitative estimate of drug-likeness (QED) is 0.723. The molecule has 0 saturated heterocycles. The number of anilines is 1. The van der Waals surface area contributed by atoms with Crippen molar-refractivity contribution in [3.63, 3.8) is 0 Å². The lowest BCUT2D eigenvalue weighted by molar-refractivity contribution is -0.0493. The van der Waals surface area contributed by atoms with Gasteiger partial charge in [0.25, 0.3) is 0 Å². The van der Waals surface area contributed by atoms with Gasteiger partial charge in [0, 0.05) is 0 Å². The summed E-state index contributed by atoms with van der Waals surface area (Å²) in [6.07, 6.45) is 1.09. The van der Waals surface area contributed by atoms with Crippen LogP contribution in [0, 0.1) is 6.92 Å². The molecular weight excluding hydrogens is 294 g/mol. The molecule has 0 aliphatic carbocycles. The Labute approximate surface area is 128 Å². The molecule has 1 rings (SSSR count). The Bertz CT molecular complexity index is 497. The highest BCUT2D eigenvalue weighted by molar-refractivity contribution is 5.92. The van der Waals surface area contributed by atoms with Crippen LogP contribution in [0.2, 0.25) is 0 Å². The molecule has 124 valence electrons. The number of ether oxygens (including phenoxy) is 1. The van der Waals surface area contributed by atoms with E-state index in [0.717, 1.165) is 0 Å². The summed E-state index contributed by atoms with van der Waals surface area (Å²) in [5.74, 6) is -0.104. The van der Waals surface area contributed by atoms with Crippen LogP contribution >= 0.6 is 0 Å². The fraction of sp³-hybridized carbons (Fsp3) is 0.533. The highest BCUT2D eigenvalue weighted by Gasteiger charge is 2.27. The van der Waals surface area contributed by atoms with E-state index in [0.29, 0.717) is 18.4 Å². The lowest BCUT2D eigenvalue weighted by atomic mass is 9.94. The van der Waals surface area contributed by atoms with E-state index in [2.05, 4.69) is 15.4 Å². The van der Waals surface area contributed by atoms with E-state index in [1.54, 1.807) is 19.1 Å². The van der Waals surface area contributed by atoms with Crippen LogP contribution in [-0.2, 0) is 0 Å². The Morgan fingerprint density at radius 2 is 2.00 bits per heavy atom. The first-order valence-electron chi connectivity index (χ1n) is 7.12. The van der Waals surface area contributed by atoms with Crippen molar-refractivity contribution in [2.45, 2.75) is 45.8 Å². The van der Waals surface area contributed by atoms with Gasteiger partial charge in [-0.15, -0.1) is 0 Å². The highest BCUT2D eigenvalue weighted by Crippen LogP contribution is 2.29. The van der Waals surface area contributed by atoms with Crippen LogP contribution in [0.1, 0.15) is 32.3 Å². The second-order valence-corrected chi connectivity index (χ2v) is 5.05. The van der Waals surface area contributed by atoms with Crippen molar-refractivity contribution in [1.29, 1.82) is 0 Å². The van der Waals surface area contributed by atoms with E-state index < -0.39 is 18.2 Å². The van der Waals surface area contributed by atoms with Gasteiger partial charge in [0.15, 0.2) is 0 Å². The van der Waals surface area contributed by atoms with E-state index in [1.165, 1.54) is 6.07 Å². The number of urea groups is 1. The van der Waals surface area contributed by atoms with Crippen LogP contribution in [0.5, 0.6) is 5.75 Å². The average molecular weight is 316 g/mol. The summed E-state index contributed by atoms with van der Waals surface area (Å²) in [6, 6.07) is 4.01. The number of aliphatic hydroxyl groups excluding tert-OH is 1. The molecule has 2 amide bonds. The van der Waals surface area contributed by atoms with E-state index >= 15 is 0 Å². The first-order valence-corrected chi connectivity index (χ1v) is 7.12. The number of amides is 2. The fourth-order valence-electron chi connectivity index (χ4n) is 2.07. The topological polar surface area (TPSA) is 70.6 Å². The maximum Gasteiger partial charge on any atom is 0.387 e. The van der Waals surface area contributed by atoms with Crippen LogP contribution in [0.3, 0.4) is 0 Å². The molecule has 0 saturated carbocycles. The van der Waals surface area contributed by atoms with Gasteiger partial charge in [-0.1, -0.05) is 26.0 Å². The smallest absolute Gasteiger partial charge is 0.387 e. The predicted octanol–water partition coefficient (Wildman–Crippen LogP) is 3.27. The van der Waals surface area contributed by atoms with Gasteiger partial charge in [0.1, 0.15) is 5.75 Å². The van der Waals surface area contributed by atoms with Crippen LogP contribution in [0.25, 0.3) is 0 Å². The molecule has 0 spiro atoms. The van der Waals surface area contributed by atoms with Crippen LogP contribution in [-0.4, -0.2) is 29.9 Å². The van der Waals surface area contributed by atoms with Crippen molar-refractivity contribution in [1.82, 2.24) is 5.32 Å². The Morgan fingerprint density at radius 1 is 1.36 bits per heavy atom. The Hall–Kier alpha value is -1.89. The summed E-state index contributed by atoms with van der Waals surface area (Å²) in [5, 5.41) is 14.7. The maximum absolute atomic E-state index is 12.4. The lowest BCUT2D eigenvalue weighted by Crippen LogP contribution is -2.52. The zero-order valence-electron chi connectivity index (χ0n) is 13.0. The van der Waals surface area contributed by atoms with Gasteiger partial charge in [-0.3, -0.25) is 0 Å². The minimum Gasteiger partial charge on any atom is -0.433 e. The molecule has 0 aliphatic heterocycles. The SMILES string of the molecule is CCC(CC)(CO)NC(=O)Nc1c(C)cccc1OC(F)F. The largest absolute Gasteiger partial charge is 0.433 e. The Kier molecular flexibility index (Phi) is 6.55. The first kappa shape index (κ1) is 18.2. The van der Waals surface area contributed by atoms with Crippen molar-refractivity contribution in [3.8, 4) is 5.75 Å². The van der Waals surface area contributed by atoms with Crippen LogP contribution in [0.4, 0.5) is 19.3 Å². The monoisotopic (exact) mass is 316 g/mol. The standard InChI is InChI=1S/C15H22F2N2O3/c1-4-15(5-2,9-20)19-14(21)18-12-10(3)7-6-8-11(12)22-13(16)17/h6-8,13,20H,4-5,9H2,1-3H3,(H2,18,19,21). The molecule has 0 heterocycles. The molecule has 3 N–H and O–H groups in total. The summed E-state index contributed by atoms with van der Waals surface area (Å²) < 4.78 is 29.3. The van der Waals surface area contributed by atoms with Crippen molar-refractivity contribution in [2.75, 3.05) is 11.9 Å². The van der Waals surface area contributed by atoms with E-state index in [4.69, 9.17) is 0 Å². The second-order valence-electron chi connectivity index (χ2n) is 5.05. The average Bonchev–Trinajstić information content (AvgIpc) is 2.48. The number of nitrogens with one attached hydrogen (secondary N) is 2. The van der Waals surface area contributed by atoms with Gasteiger partial charge in [-0.2, -0.15) is 8.78 Å². The lowest BCUT2D eigenvalue weighted by Gasteiger charge is -2.31. The van der Waals surface area contributed by atoms with Crippen LogP contribution in [0.15, 0.2) is 18.2 Å². The maximum atomic E-state index is 12.4. The number of aliphatic hydroxyl groups is 1. The van der Waals surface area contributed by atoms with Crippen molar-refractivity contribution in [2.24, 2.45) is 0 Å². The number of hydrogen-bond acceptors (Lipinski definition) is 3. The normalized spacial score (nSPS) is 11.4. The third kappa shape index (κ3) is 4.56. The van der Waals surface area contributed by atoms with Gasteiger partial charge in [-0.25, -0.2) is 4.79 Å². The molecular formula is C15H22F2N2O3. The Morgan fingerprint density at radius 3 is 2.50 bits per heavy atom. The zero-order chi connectivity index (χ0) is 16.8. The van der Waals surface area contributed by atoms with Gasteiger partial charge >= 0.3 is 12.6 Å². The summed E-state index contributed by atoms with van der Waals surface area (Å²) in [5.41, 5.74) is 0.0338. The second kappa shape index (κ2) is 7.93. The number of para-hydroxylation sites is 1. The molecule has 0 aromatic heterocycles. The minimum atomic E-state index is -2.98. The molecule has 1 aromatic rings. The third-order valence-electron chi connectivity index (χ3n) is 3.72. The molecule has 7 heteroatoms. The number of hydrogen-bond donors (Lipinski definition) is 3. The van der Waals surface area contributed by atoms with Gasteiger partial charge in [0.05, 0.1) is 17.8 Å². The van der Waals surface area contributed by atoms with E-state index in [1.807, 2.05) is 13.8 Å².